The Balaban J connectivity index is 0.00000241. The van der Waals surface area contributed by atoms with Crippen LogP contribution in [-0.2, 0) is 7.05 Å². The summed E-state index contributed by atoms with van der Waals surface area (Å²) < 4.78 is 3.84. The molecule has 5 heterocycles. The van der Waals surface area contributed by atoms with Crippen LogP contribution in [0.5, 0.6) is 0 Å². The van der Waals surface area contributed by atoms with Gasteiger partial charge in [0.05, 0.1) is 23.1 Å². The highest BCUT2D eigenvalue weighted by Crippen LogP contribution is 2.35. The van der Waals surface area contributed by atoms with Crippen LogP contribution in [0.2, 0.25) is 0 Å². The summed E-state index contributed by atoms with van der Waals surface area (Å²) >= 11 is 1.61. The van der Waals surface area contributed by atoms with Gasteiger partial charge in [0, 0.05) is 47.4 Å². The molecule has 9 heteroatoms. The topological polar surface area (TPSA) is 99.1 Å². The van der Waals surface area contributed by atoms with Gasteiger partial charge in [0.15, 0.2) is 10.8 Å². The Labute approximate surface area is 202 Å². The van der Waals surface area contributed by atoms with Crippen LogP contribution in [0, 0.1) is 0 Å². The SMILES string of the molecule is Cn1ccc(-c2ccc3nnc(Sc4ccc5ncc(N6CCCC6(C)C)cc5c4)n3c2)n1.N. The van der Waals surface area contributed by atoms with Crippen molar-refractivity contribution in [1.82, 2.24) is 35.5 Å². The van der Waals surface area contributed by atoms with Crippen LogP contribution >= 0.6 is 11.8 Å². The van der Waals surface area contributed by atoms with Gasteiger partial charge in [0.2, 0.25) is 0 Å². The van der Waals surface area contributed by atoms with Gasteiger partial charge in [-0.05, 0) is 80.9 Å². The molecule has 6 rings (SSSR count). The van der Waals surface area contributed by atoms with E-state index in [1.54, 1.807) is 11.8 Å². The van der Waals surface area contributed by atoms with E-state index in [9.17, 15) is 0 Å². The Morgan fingerprint density at radius 3 is 2.68 bits per heavy atom. The number of fused-ring (bicyclic) bond motifs is 2. The third kappa shape index (κ3) is 3.91. The summed E-state index contributed by atoms with van der Waals surface area (Å²) in [5.74, 6) is 0. The standard InChI is InChI=1S/C25H25N7S.H3N/c1-25(2)10-4-11-32(25)19-13-18-14-20(6-7-21(18)26-15-19)33-24-28-27-23-8-5-17(16-31(23)24)22-9-12-30(3)29-22;/h5-9,12-16H,4,10-11H2,1-3H3;1H3. The number of hydrogen-bond acceptors (Lipinski definition) is 7. The molecule has 1 aliphatic heterocycles. The van der Waals surface area contributed by atoms with E-state index < -0.39 is 0 Å². The molecule has 0 bridgehead atoms. The van der Waals surface area contributed by atoms with Gasteiger partial charge in [-0.1, -0.05) is 0 Å². The van der Waals surface area contributed by atoms with Gasteiger partial charge >= 0.3 is 0 Å². The molecule has 8 nitrogen and oxygen atoms in total. The van der Waals surface area contributed by atoms with Crippen molar-refractivity contribution < 1.29 is 0 Å². The lowest BCUT2D eigenvalue weighted by atomic mass is 10.0. The predicted octanol–water partition coefficient (Wildman–Crippen LogP) is 5.37. The first-order valence-electron chi connectivity index (χ1n) is 11.2. The predicted molar refractivity (Wildman–Crippen MR) is 137 cm³/mol. The summed E-state index contributed by atoms with van der Waals surface area (Å²) in [5.41, 5.74) is 5.15. The van der Waals surface area contributed by atoms with Gasteiger partial charge < -0.3 is 11.1 Å². The molecule has 0 atom stereocenters. The molecule has 34 heavy (non-hydrogen) atoms. The number of aromatic nitrogens is 6. The highest BCUT2D eigenvalue weighted by molar-refractivity contribution is 7.99. The molecule has 1 aliphatic rings. The third-order valence-corrected chi connectivity index (χ3v) is 7.39. The van der Waals surface area contributed by atoms with Crippen LogP contribution in [-0.4, -0.2) is 41.4 Å². The smallest absolute Gasteiger partial charge is 0.200 e. The van der Waals surface area contributed by atoms with E-state index in [1.165, 1.54) is 18.5 Å². The number of nitrogens with zero attached hydrogens (tertiary/aromatic N) is 7. The van der Waals surface area contributed by atoms with E-state index in [2.05, 4.69) is 64.5 Å². The number of pyridine rings is 2. The summed E-state index contributed by atoms with van der Waals surface area (Å²) in [7, 11) is 1.92. The maximum absolute atomic E-state index is 4.73. The summed E-state index contributed by atoms with van der Waals surface area (Å²) in [6, 6.07) is 14.7. The lowest BCUT2D eigenvalue weighted by Gasteiger charge is -2.33. The van der Waals surface area contributed by atoms with Crippen molar-refractivity contribution in [2.24, 2.45) is 7.05 Å². The second kappa shape index (κ2) is 8.41. The number of aryl methyl sites for hydroxylation is 1. The molecule has 0 saturated carbocycles. The Hall–Kier alpha value is -3.43. The van der Waals surface area contributed by atoms with Gasteiger partial charge in [0.25, 0.3) is 0 Å². The van der Waals surface area contributed by atoms with E-state index in [4.69, 9.17) is 4.98 Å². The molecule has 0 amide bonds. The molecule has 174 valence electrons. The van der Waals surface area contributed by atoms with E-state index in [1.807, 2.05) is 46.7 Å². The zero-order valence-electron chi connectivity index (χ0n) is 19.6. The van der Waals surface area contributed by atoms with E-state index in [-0.39, 0.29) is 11.7 Å². The number of benzene rings is 1. The molecule has 0 aliphatic carbocycles. The minimum absolute atomic E-state index is 0. The Bertz CT molecular complexity index is 1490. The van der Waals surface area contributed by atoms with Crippen LogP contribution in [0.1, 0.15) is 26.7 Å². The molecule has 3 N–H and O–H groups in total. The van der Waals surface area contributed by atoms with Crippen molar-refractivity contribution in [3.05, 3.63) is 61.1 Å². The minimum atomic E-state index is 0. The van der Waals surface area contributed by atoms with Crippen LogP contribution in [0.4, 0.5) is 5.69 Å². The zero-order chi connectivity index (χ0) is 22.6. The average molecular weight is 473 g/mol. The Morgan fingerprint density at radius 1 is 1.03 bits per heavy atom. The zero-order valence-corrected chi connectivity index (χ0v) is 20.5. The van der Waals surface area contributed by atoms with Crippen LogP contribution in [0.3, 0.4) is 0 Å². The van der Waals surface area contributed by atoms with Crippen molar-refractivity contribution in [2.75, 3.05) is 11.4 Å². The fraction of sp³-hybridized carbons (Fsp3) is 0.280. The molecular weight excluding hydrogens is 444 g/mol. The molecule has 1 aromatic carbocycles. The van der Waals surface area contributed by atoms with Gasteiger partial charge in [-0.2, -0.15) is 5.10 Å². The lowest BCUT2D eigenvalue weighted by molar-refractivity contribution is 0.518. The Morgan fingerprint density at radius 2 is 1.91 bits per heavy atom. The quantitative estimate of drug-likeness (QED) is 0.375. The minimum Gasteiger partial charge on any atom is -0.365 e. The molecule has 0 radical (unpaired) electrons. The van der Waals surface area contributed by atoms with E-state index >= 15 is 0 Å². The lowest BCUT2D eigenvalue weighted by Crippen LogP contribution is -2.38. The van der Waals surface area contributed by atoms with Crippen molar-refractivity contribution in [2.45, 2.75) is 42.3 Å². The van der Waals surface area contributed by atoms with E-state index in [0.29, 0.717) is 0 Å². The highest BCUT2D eigenvalue weighted by atomic mass is 32.2. The van der Waals surface area contributed by atoms with Crippen LogP contribution in [0.15, 0.2) is 71.1 Å². The number of rotatable bonds is 4. The van der Waals surface area contributed by atoms with Gasteiger partial charge in [-0.3, -0.25) is 14.1 Å². The van der Waals surface area contributed by atoms with Gasteiger partial charge in [0.1, 0.15) is 0 Å². The summed E-state index contributed by atoms with van der Waals surface area (Å²) in [6.45, 7) is 5.71. The monoisotopic (exact) mass is 472 g/mol. The van der Waals surface area contributed by atoms with Crippen molar-refractivity contribution in [1.29, 1.82) is 0 Å². The summed E-state index contributed by atoms with van der Waals surface area (Å²) in [4.78, 5) is 8.32. The first-order valence-corrected chi connectivity index (χ1v) is 12.0. The van der Waals surface area contributed by atoms with Gasteiger partial charge in [-0.15, -0.1) is 10.2 Å². The second-order valence-corrected chi connectivity index (χ2v) is 10.3. The van der Waals surface area contributed by atoms with Crippen molar-refractivity contribution in [3.8, 4) is 11.3 Å². The fourth-order valence-electron chi connectivity index (χ4n) is 4.66. The highest BCUT2D eigenvalue weighted by Gasteiger charge is 2.32. The third-order valence-electron chi connectivity index (χ3n) is 6.44. The molecule has 1 fully saturated rings. The number of anilines is 1. The second-order valence-electron chi connectivity index (χ2n) is 9.22. The molecule has 0 spiro atoms. The number of hydrogen-bond donors (Lipinski definition) is 1. The maximum atomic E-state index is 4.73. The van der Waals surface area contributed by atoms with E-state index in [0.717, 1.165) is 44.4 Å². The maximum Gasteiger partial charge on any atom is 0.200 e. The largest absolute Gasteiger partial charge is 0.365 e. The molecule has 0 unspecified atom stereocenters. The van der Waals surface area contributed by atoms with Crippen LogP contribution in [0.25, 0.3) is 27.8 Å². The first kappa shape index (κ1) is 22.4. The first-order chi connectivity index (χ1) is 16.0. The summed E-state index contributed by atoms with van der Waals surface area (Å²) in [6.07, 6.45) is 8.44. The molecular formula is C25H28N8S. The Kier molecular flexibility index (Phi) is 5.53. The molecule has 4 aromatic heterocycles. The molecule has 5 aromatic rings. The summed E-state index contributed by atoms with van der Waals surface area (Å²) in [5, 5.41) is 15.3. The molecule has 1 saturated heterocycles. The van der Waals surface area contributed by atoms with Gasteiger partial charge in [-0.25, -0.2) is 0 Å². The van der Waals surface area contributed by atoms with Crippen molar-refractivity contribution >= 4 is 34.0 Å². The van der Waals surface area contributed by atoms with Crippen LogP contribution < -0.4 is 11.1 Å². The average Bonchev–Trinajstić information content (AvgIpc) is 3.51. The fourth-order valence-corrected chi connectivity index (χ4v) is 5.52. The van der Waals surface area contributed by atoms with Crippen molar-refractivity contribution in [3.63, 3.8) is 0 Å². The normalized spacial score (nSPS) is 15.2.